The number of thioether (sulfide) groups is 1. The smallest absolute Gasteiger partial charge is 0.277 e. The fourth-order valence-corrected chi connectivity index (χ4v) is 4.45. The van der Waals surface area contributed by atoms with Gasteiger partial charge in [-0.2, -0.15) is 0 Å². The maximum Gasteiger partial charge on any atom is 0.277 e. The summed E-state index contributed by atoms with van der Waals surface area (Å²) in [6, 6.07) is 13.2. The number of fused-ring (bicyclic) bond motifs is 1. The van der Waals surface area contributed by atoms with Gasteiger partial charge < -0.3 is 18.5 Å². The summed E-state index contributed by atoms with van der Waals surface area (Å²) < 4.78 is 19.7. The van der Waals surface area contributed by atoms with E-state index in [-0.39, 0.29) is 17.6 Å². The van der Waals surface area contributed by atoms with E-state index in [4.69, 9.17) is 13.9 Å². The highest BCUT2D eigenvalue weighted by Gasteiger charge is 2.24. The van der Waals surface area contributed by atoms with Crippen LogP contribution in [0.2, 0.25) is 0 Å². The van der Waals surface area contributed by atoms with E-state index in [1.807, 2.05) is 50.2 Å². The summed E-state index contributed by atoms with van der Waals surface area (Å²) in [6.45, 7) is 5.01. The lowest BCUT2D eigenvalue weighted by Gasteiger charge is -2.27. The number of para-hydroxylation sites is 2. The number of Topliss-reactive ketones (excluding diaryl/α,β-unsaturated/α-hetero) is 1. The highest BCUT2D eigenvalue weighted by molar-refractivity contribution is 7.99. The Morgan fingerprint density at radius 3 is 2.82 bits per heavy atom. The molecule has 168 valence electrons. The number of carbonyl (C=O) groups excluding carboxylic acids is 1. The molecule has 0 radical (unpaired) electrons. The van der Waals surface area contributed by atoms with E-state index >= 15 is 0 Å². The summed E-state index contributed by atoms with van der Waals surface area (Å²) >= 11 is 1.23. The third-order valence-electron chi connectivity index (χ3n) is 5.47. The average Bonchev–Trinajstić information content (AvgIpc) is 3.43. The van der Waals surface area contributed by atoms with Crippen LogP contribution in [0.3, 0.4) is 0 Å². The molecule has 0 unspecified atom stereocenters. The van der Waals surface area contributed by atoms with Crippen LogP contribution in [0.15, 0.2) is 64.5 Å². The van der Waals surface area contributed by atoms with Crippen molar-refractivity contribution >= 4 is 17.5 Å². The quantitative estimate of drug-likeness (QED) is 0.295. The number of ketones is 1. The Morgan fingerprint density at radius 1 is 1.15 bits per heavy atom. The van der Waals surface area contributed by atoms with E-state index in [1.54, 1.807) is 18.5 Å². The molecule has 5 rings (SSSR count). The third-order valence-corrected chi connectivity index (χ3v) is 6.29. The van der Waals surface area contributed by atoms with Crippen molar-refractivity contribution in [1.82, 2.24) is 19.7 Å². The number of ether oxygens (including phenoxy) is 2. The topological polar surface area (TPSA) is 92.3 Å². The highest BCUT2D eigenvalue weighted by Crippen LogP contribution is 2.32. The first-order valence-corrected chi connectivity index (χ1v) is 11.5. The first kappa shape index (κ1) is 21.3. The summed E-state index contributed by atoms with van der Waals surface area (Å²) in [5, 5.41) is 8.41. The number of aromatic nitrogens is 4. The van der Waals surface area contributed by atoms with Crippen LogP contribution in [-0.4, -0.2) is 44.0 Å². The van der Waals surface area contributed by atoms with Crippen LogP contribution in [0.25, 0.3) is 11.5 Å². The molecule has 0 fully saturated rings. The third kappa shape index (κ3) is 4.49. The van der Waals surface area contributed by atoms with Gasteiger partial charge in [0.15, 0.2) is 23.4 Å². The molecule has 3 aromatic heterocycles. The van der Waals surface area contributed by atoms with E-state index in [0.29, 0.717) is 29.8 Å². The zero-order valence-corrected chi connectivity index (χ0v) is 19.0. The average molecular weight is 463 g/mol. The van der Waals surface area contributed by atoms with E-state index in [2.05, 4.69) is 19.7 Å². The van der Waals surface area contributed by atoms with Gasteiger partial charge >= 0.3 is 0 Å². The highest BCUT2D eigenvalue weighted by atomic mass is 32.2. The van der Waals surface area contributed by atoms with Crippen LogP contribution in [0.5, 0.6) is 11.5 Å². The Hall–Kier alpha value is -3.59. The summed E-state index contributed by atoms with van der Waals surface area (Å²) in [5.74, 6) is 2.10. The molecule has 0 spiro atoms. The van der Waals surface area contributed by atoms with Gasteiger partial charge in [-0.1, -0.05) is 23.9 Å². The minimum atomic E-state index is -0.133. The molecule has 1 aromatic carbocycles. The SMILES string of the molecule is Cc1cc(C(=O)CSc2nnc(-c3cccnc3)o2)c(C)n1C[C@@H]1COc2ccccc2O1. The molecular weight excluding hydrogens is 440 g/mol. The molecule has 1 atom stereocenters. The van der Waals surface area contributed by atoms with Gasteiger partial charge in [-0.15, -0.1) is 10.2 Å². The Labute approximate surface area is 195 Å². The van der Waals surface area contributed by atoms with E-state index in [1.165, 1.54) is 11.8 Å². The predicted octanol–water partition coefficient (Wildman–Crippen LogP) is 4.36. The molecule has 0 saturated heterocycles. The number of aryl methyl sites for hydroxylation is 1. The number of hydrogen-bond acceptors (Lipinski definition) is 8. The van der Waals surface area contributed by atoms with Crippen LogP contribution in [0.1, 0.15) is 21.7 Å². The van der Waals surface area contributed by atoms with Crippen molar-refractivity contribution in [2.45, 2.75) is 31.7 Å². The van der Waals surface area contributed by atoms with Gasteiger partial charge in [0, 0.05) is 29.3 Å². The second kappa shape index (κ2) is 9.11. The lowest BCUT2D eigenvalue weighted by molar-refractivity contribution is 0.0777. The number of rotatable bonds is 7. The maximum absolute atomic E-state index is 12.9. The van der Waals surface area contributed by atoms with Gasteiger partial charge in [-0.05, 0) is 44.2 Å². The molecule has 0 aliphatic carbocycles. The minimum Gasteiger partial charge on any atom is -0.486 e. The summed E-state index contributed by atoms with van der Waals surface area (Å²) in [4.78, 5) is 17.0. The van der Waals surface area contributed by atoms with Crippen LogP contribution >= 0.6 is 11.8 Å². The molecule has 8 nitrogen and oxygen atoms in total. The maximum atomic E-state index is 12.9. The van der Waals surface area contributed by atoms with Crippen molar-refractivity contribution in [2.75, 3.05) is 12.4 Å². The molecule has 4 heterocycles. The molecule has 33 heavy (non-hydrogen) atoms. The van der Waals surface area contributed by atoms with Gasteiger partial charge in [-0.25, -0.2) is 0 Å². The first-order valence-electron chi connectivity index (χ1n) is 10.5. The Balaban J connectivity index is 1.24. The fraction of sp³-hybridized carbons (Fsp3) is 0.250. The monoisotopic (exact) mass is 462 g/mol. The van der Waals surface area contributed by atoms with Crippen LogP contribution < -0.4 is 9.47 Å². The fourth-order valence-electron chi connectivity index (χ4n) is 3.80. The van der Waals surface area contributed by atoms with Crippen LogP contribution in [0, 0.1) is 13.8 Å². The van der Waals surface area contributed by atoms with Crippen molar-refractivity contribution in [3.8, 4) is 23.0 Å². The number of carbonyl (C=O) groups is 1. The number of nitrogens with zero attached hydrogens (tertiary/aromatic N) is 4. The van der Waals surface area contributed by atoms with Gasteiger partial charge in [0.05, 0.1) is 17.9 Å². The zero-order chi connectivity index (χ0) is 22.8. The van der Waals surface area contributed by atoms with Gasteiger partial charge in [-0.3, -0.25) is 9.78 Å². The molecule has 1 aliphatic rings. The zero-order valence-electron chi connectivity index (χ0n) is 18.2. The molecule has 0 amide bonds. The second-order valence-electron chi connectivity index (χ2n) is 7.72. The van der Waals surface area contributed by atoms with Crippen molar-refractivity contribution in [1.29, 1.82) is 0 Å². The standard InChI is InChI=1S/C24H22N4O4S/c1-15-10-19(16(2)28(15)12-18-13-30-21-7-3-4-8-22(21)31-18)20(29)14-33-24-27-26-23(32-24)17-6-5-9-25-11-17/h3-11,18H,12-14H2,1-2H3/t18-/m1/s1. The van der Waals surface area contributed by atoms with E-state index in [0.717, 1.165) is 28.5 Å². The molecular formula is C24H22N4O4S. The minimum absolute atomic E-state index is 0.00614. The number of hydrogen-bond donors (Lipinski definition) is 0. The van der Waals surface area contributed by atoms with E-state index < -0.39 is 0 Å². The Bertz CT molecular complexity index is 1280. The largest absolute Gasteiger partial charge is 0.486 e. The molecule has 4 aromatic rings. The van der Waals surface area contributed by atoms with Crippen molar-refractivity contribution in [2.24, 2.45) is 0 Å². The molecule has 0 saturated carbocycles. The molecule has 0 N–H and O–H groups in total. The number of pyridine rings is 1. The van der Waals surface area contributed by atoms with Gasteiger partial charge in [0.25, 0.3) is 5.22 Å². The lowest BCUT2D eigenvalue weighted by atomic mass is 10.2. The molecule has 0 bridgehead atoms. The van der Waals surface area contributed by atoms with Gasteiger partial charge in [0.2, 0.25) is 5.89 Å². The van der Waals surface area contributed by atoms with Gasteiger partial charge in [0.1, 0.15) is 6.61 Å². The summed E-state index contributed by atoms with van der Waals surface area (Å²) in [5.41, 5.74) is 3.33. The van der Waals surface area contributed by atoms with Crippen LogP contribution in [-0.2, 0) is 6.54 Å². The first-order chi connectivity index (χ1) is 16.1. The lowest BCUT2D eigenvalue weighted by Crippen LogP contribution is -2.33. The summed E-state index contributed by atoms with van der Waals surface area (Å²) in [6.07, 6.45) is 3.20. The van der Waals surface area contributed by atoms with Crippen molar-refractivity contribution in [3.63, 3.8) is 0 Å². The van der Waals surface area contributed by atoms with Crippen molar-refractivity contribution in [3.05, 3.63) is 71.8 Å². The second-order valence-corrected chi connectivity index (χ2v) is 8.65. The van der Waals surface area contributed by atoms with E-state index in [9.17, 15) is 4.79 Å². The molecule has 9 heteroatoms. The Morgan fingerprint density at radius 2 is 2.00 bits per heavy atom. The number of benzene rings is 1. The summed E-state index contributed by atoms with van der Waals surface area (Å²) in [7, 11) is 0. The Kier molecular flexibility index (Phi) is 5.87. The predicted molar refractivity (Wildman–Crippen MR) is 123 cm³/mol. The van der Waals surface area contributed by atoms with Crippen LogP contribution in [0.4, 0.5) is 0 Å². The van der Waals surface area contributed by atoms with Crippen molar-refractivity contribution < 1.29 is 18.7 Å². The molecule has 1 aliphatic heterocycles. The normalized spacial score (nSPS) is 14.9.